The zero-order valence-electron chi connectivity index (χ0n) is 12.9. The van der Waals surface area contributed by atoms with Crippen molar-refractivity contribution in [3.63, 3.8) is 0 Å². The number of hydrogen-bond donors (Lipinski definition) is 0. The molecule has 0 N–H and O–H groups in total. The van der Waals surface area contributed by atoms with E-state index in [1.54, 1.807) is 6.92 Å². The van der Waals surface area contributed by atoms with Gasteiger partial charge in [-0.05, 0) is 19.8 Å². The van der Waals surface area contributed by atoms with E-state index in [0.29, 0.717) is 4.31 Å². The Morgan fingerprint density at radius 2 is 1.65 bits per heavy atom. The quantitative estimate of drug-likeness (QED) is 0.193. The lowest BCUT2D eigenvalue weighted by Crippen LogP contribution is -2.36. The molecule has 0 saturated carbocycles. The summed E-state index contributed by atoms with van der Waals surface area (Å²) >= 11 is 1.23. The van der Waals surface area contributed by atoms with E-state index in [4.69, 9.17) is 4.74 Å². The van der Waals surface area contributed by atoms with E-state index in [1.165, 1.54) is 21.2 Å². The van der Waals surface area contributed by atoms with Gasteiger partial charge in [-0.15, -0.1) is 0 Å². The van der Waals surface area contributed by atoms with Gasteiger partial charge in [0.1, 0.15) is 0 Å². The number of amides is 1. The van der Waals surface area contributed by atoms with Crippen LogP contribution in [0.5, 0.6) is 0 Å². The molecule has 0 aliphatic heterocycles. The highest BCUT2D eigenvalue weighted by Gasteiger charge is 2.24. The molecule has 0 bridgehead atoms. The minimum atomic E-state index is -3.94. The first-order chi connectivity index (χ1) is 10.5. The summed E-state index contributed by atoms with van der Waals surface area (Å²) in [6, 6.07) is 0. The zero-order valence-corrected chi connectivity index (χ0v) is 16.6. The van der Waals surface area contributed by atoms with Crippen molar-refractivity contribution in [2.75, 3.05) is 31.8 Å². The average Bonchev–Trinajstić information content (AvgIpc) is 2.41. The molecular weight excluding hydrogens is 465 g/mol. The van der Waals surface area contributed by atoms with Crippen LogP contribution in [-0.4, -0.2) is 65.0 Å². The summed E-state index contributed by atoms with van der Waals surface area (Å²) in [6.45, 7) is 1.80. The van der Waals surface area contributed by atoms with Crippen LogP contribution in [0.2, 0.25) is 0 Å². The molecule has 1 amide bonds. The first-order valence-electron chi connectivity index (χ1n) is 6.71. The van der Waals surface area contributed by atoms with Gasteiger partial charge in [0.05, 0.1) is 45.9 Å². The summed E-state index contributed by atoms with van der Waals surface area (Å²) in [5, 5.41) is 0. The SMILES string of the molecule is CCOC(=O)CCCOC(=O)N(C)S(=O)(=O)CCCS(=O)(=O)I. The number of carbonyl (C=O) groups excluding carboxylic acids is 2. The molecular formula is C11H20INO8S2. The second-order valence-electron chi connectivity index (χ2n) is 4.40. The third kappa shape index (κ3) is 10.7. The maximum absolute atomic E-state index is 11.8. The summed E-state index contributed by atoms with van der Waals surface area (Å²) in [6.07, 6.45) is -0.920. The van der Waals surface area contributed by atoms with Gasteiger partial charge < -0.3 is 9.47 Å². The molecule has 0 aliphatic carbocycles. The topological polar surface area (TPSA) is 124 Å². The van der Waals surface area contributed by atoms with Crippen LogP contribution in [0.1, 0.15) is 26.2 Å². The highest BCUT2D eigenvalue weighted by Crippen LogP contribution is 2.08. The fourth-order valence-electron chi connectivity index (χ4n) is 1.36. The maximum Gasteiger partial charge on any atom is 0.423 e. The van der Waals surface area contributed by atoms with E-state index >= 15 is 0 Å². The van der Waals surface area contributed by atoms with Crippen molar-refractivity contribution in [2.24, 2.45) is 0 Å². The molecule has 0 atom stereocenters. The van der Waals surface area contributed by atoms with Crippen LogP contribution >= 0.6 is 21.2 Å². The first-order valence-corrected chi connectivity index (χ1v) is 12.5. The lowest BCUT2D eigenvalue weighted by atomic mass is 10.3. The number of carbonyl (C=O) groups is 2. The van der Waals surface area contributed by atoms with Gasteiger partial charge in [-0.2, -0.15) is 0 Å². The van der Waals surface area contributed by atoms with E-state index in [-0.39, 0.29) is 38.2 Å². The Hall–Kier alpha value is -0.630. The van der Waals surface area contributed by atoms with Crippen LogP contribution in [0.15, 0.2) is 0 Å². The Bertz CT molecular complexity index is 602. The largest absolute Gasteiger partial charge is 0.466 e. The van der Waals surface area contributed by atoms with E-state index in [1.807, 2.05) is 0 Å². The monoisotopic (exact) mass is 485 g/mol. The van der Waals surface area contributed by atoms with Crippen molar-refractivity contribution in [3.8, 4) is 0 Å². The van der Waals surface area contributed by atoms with Crippen LogP contribution in [0, 0.1) is 0 Å². The summed E-state index contributed by atoms with van der Waals surface area (Å²) in [7, 11) is -6.21. The average molecular weight is 485 g/mol. The van der Waals surface area contributed by atoms with Gasteiger partial charge in [0.15, 0.2) is 0 Å². The zero-order chi connectivity index (χ0) is 18.1. The lowest BCUT2D eigenvalue weighted by Gasteiger charge is -2.17. The Kier molecular flexibility index (Phi) is 10.00. The fourth-order valence-corrected chi connectivity index (χ4v) is 4.03. The molecule has 9 nitrogen and oxygen atoms in total. The Labute approximate surface area is 148 Å². The summed E-state index contributed by atoms with van der Waals surface area (Å²) in [4.78, 5) is 22.7. The number of esters is 1. The molecule has 0 fully saturated rings. The number of rotatable bonds is 10. The van der Waals surface area contributed by atoms with Crippen molar-refractivity contribution in [1.82, 2.24) is 4.31 Å². The molecule has 0 spiro atoms. The molecule has 0 heterocycles. The van der Waals surface area contributed by atoms with Crippen molar-refractivity contribution in [2.45, 2.75) is 26.2 Å². The van der Waals surface area contributed by atoms with Crippen molar-refractivity contribution < 1.29 is 35.9 Å². The summed E-state index contributed by atoms with van der Waals surface area (Å²) < 4.78 is 55.4. The summed E-state index contributed by atoms with van der Waals surface area (Å²) in [5.41, 5.74) is 0. The highest BCUT2D eigenvalue weighted by atomic mass is 127. The molecule has 0 aromatic heterocycles. The molecule has 136 valence electrons. The number of sulfonamides is 1. The molecule has 0 aromatic carbocycles. The summed E-state index contributed by atoms with van der Waals surface area (Å²) in [5.74, 6) is -1.21. The van der Waals surface area contributed by atoms with Crippen molar-refractivity contribution >= 4 is 50.3 Å². The van der Waals surface area contributed by atoms with Gasteiger partial charge in [-0.25, -0.2) is 25.9 Å². The molecule has 0 unspecified atom stereocenters. The molecule has 0 saturated heterocycles. The molecule has 0 aromatic rings. The predicted molar refractivity (Wildman–Crippen MR) is 91.2 cm³/mol. The van der Waals surface area contributed by atoms with Gasteiger partial charge in [0.25, 0.3) is 0 Å². The standard InChI is InChI=1S/C11H20INO8S2/c1-3-20-10(14)6-4-7-21-11(15)13(2)23(18,19)9-5-8-22(12,16)17/h3-9H2,1-2H3. The van der Waals surface area contributed by atoms with Gasteiger partial charge in [0.2, 0.25) is 17.0 Å². The fraction of sp³-hybridized carbons (Fsp3) is 0.818. The van der Waals surface area contributed by atoms with Gasteiger partial charge in [-0.3, -0.25) is 4.79 Å². The van der Waals surface area contributed by atoms with Crippen LogP contribution < -0.4 is 0 Å². The third-order valence-corrected chi connectivity index (χ3v) is 6.41. The van der Waals surface area contributed by atoms with E-state index in [0.717, 1.165) is 7.05 Å². The first kappa shape index (κ1) is 22.4. The molecule has 12 heteroatoms. The minimum absolute atomic E-state index is 0.0606. The number of nitrogens with zero attached hydrogens (tertiary/aromatic N) is 1. The minimum Gasteiger partial charge on any atom is -0.466 e. The Morgan fingerprint density at radius 3 is 2.17 bits per heavy atom. The van der Waals surface area contributed by atoms with Crippen LogP contribution in [0.3, 0.4) is 0 Å². The second kappa shape index (κ2) is 10.3. The van der Waals surface area contributed by atoms with Gasteiger partial charge in [0, 0.05) is 13.5 Å². The molecule has 0 rings (SSSR count). The van der Waals surface area contributed by atoms with Crippen molar-refractivity contribution in [1.29, 1.82) is 0 Å². The van der Waals surface area contributed by atoms with Crippen LogP contribution in [0.25, 0.3) is 0 Å². The number of ether oxygens (including phenoxy) is 2. The Balaban J connectivity index is 4.23. The van der Waals surface area contributed by atoms with Crippen LogP contribution in [0.4, 0.5) is 4.79 Å². The predicted octanol–water partition coefficient (Wildman–Crippen LogP) is 0.883. The van der Waals surface area contributed by atoms with Gasteiger partial charge >= 0.3 is 12.1 Å². The maximum atomic E-state index is 11.8. The third-order valence-electron chi connectivity index (χ3n) is 2.52. The number of hydrogen-bond acceptors (Lipinski definition) is 8. The number of halogens is 1. The van der Waals surface area contributed by atoms with Crippen molar-refractivity contribution in [3.05, 3.63) is 0 Å². The van der Waals surface area contributed by atoms with E-state index in [9.17, 15) is 26.4 Å². The molecule has 0 radical (unpaired) electrons. The molecule has 0 aliphatic rings. The second-order valence-corrected chi connectivity index (χ2v) is 12.0. The van der Waals surface area contributed by atoms with Gasteiger partial charge in [-0.1, -0.05) is 0 Å². The Morgan fingerprint density at radius 1 is 1.04 bits per heavy atom. The van der Waals surface area contributed by atoms with Crippen LogP contribution in [-0.2, 0) is 31.3 Å². The van der Waals surface area contributed by atoms with E-state index < -0.39 is 34.8 Å². The normalized spacial score (nSPS) is 11.8. The smallest absolute Gasteiger partial charge is 0.423 e. The highest BCUT2D eigenvalue weighted by molar-refractivity contribution is 14.2. The lowest BCUT2D eigenvalue weighted by molar-refractivity contribution is -0.143. The van der Waals surface area contributed by atoms with E-state index in [2.05, 4.69) is 4.74 Å². The molecule has 23 heavy (non-hydrogen) atoms.